The Balaban J connectivity index is 1.68. The van der Waals surface area contributed by atoms with E-state index in [9.17, 15) is 9.59 Å². The van der Waals surface area contributed by atoms with Gasteiger partial charge in [0.15, 0.2) is 0 Å². The molecule has 8 heteroatoms. The second-order valence-electron chi connectivity index (χ2n) is 5.28. The van der Waals surface area contributed by atoms with E-state index in [1.165, 1.54) is 22.2 Å². The average molecular weight is 359 g/mol. The highest BCUT2D eigenvalue weighted by molar-refractivity contribution is 7.16. The van der Waals surface area contributed by atoms with E-state index in [2.05, 4.69) is 10.3 Å². The predicted octanol–water partition coefficient (Wildman–Crippen LogP) is 2.50. The fraction of sp³-hybridized carbons (Fsp3) is 0.235. The molecule has 0 aliphatic carbocycles. The number of fused-ring (bicyclic) bond motifs is 1. The maximum atomic E-state index is 12.3. The summed E-state index contributed by atoms with van der Waals surface area (Å²) < 4.78 is 11.8. The van der Waals surface area contributed by atoms with Gasteiger partial charge in [0.25, 0.3) is 5.56 Å². The number of carbonyl (C=O) groups excluding carboxylic acids is 1. The van der Waals surface area contributed by atoms with E-state index in [0.717, 1.165) is 0 Å². The molecule has 25 heavy (non-hydrogen) atoms. The number of amides is 1. The number of hydrogen-bond acceptors (Lipinski definition) is 6. The van der Waals surface area contributed by atoms with Gasteiger partial charge in [0.05, 0.1) is 25.9 Å². The molecule has 1 aromatic carbocycles. The Morgan fingerprint density at radius 3 is 2.64 bits per heavy atom. The number of benzene rings is 1. The third-order valence-electron chi connectivity index (χ3n) is 3.67. The summed E-state index contributed by atoms with van der Waals surface area (Å²) in [5.74, 6) is 0.948. The molecule has 3 rings (SSSR count). The number of hydrogen-bond donors (Lipinski definition) is 1. The molecule has 0 spiro atoms. The fourth-order valence-corrected chi connectivity index (χ4v) is 3.10. The smallest absolute Gasteiger partial charge is 0.262 e. The van der Waals surface area contributed by atoms with Crippen LogP contribution in [0.25, 0.3) is 10.2 Å². The Labute approximate surface area is 147 Å². The Bertz CT molecular complexity index is 942. The van der Waals surface area contributed by atoms with E-state index in [1.54, 1.807) is 38.5 Å². The summed E-state index contributed by atoms with van der Waals surface area (Å²) in [5.41, 5.74) is 0.432. The second-order valence-corrected chi connectivity index (χ2v) is 6.18. The van der Waals surface area contributed by atoms with Gasteiger partial charge in [-0.05, 0) is 11.4 Å². The van der Waals surface area contributed by atoms with E-state index in [0.29, 0.717) is 27.4 Å². The molecule has 130 valence electrons. The summed E-state index contributed by atoms with van der Waals surface area (Å²) in [7, 11) is 3.08. The van der Waals surface area contributed by atoms with Crippen molar-refractivity contribution < 1.29 is 14.3 Å². The minimum absolute atomic E-state index is 0.137. The molecule has 0 atom stereocenters. The van der Waals surface area contributed by atoms with Crippen molar-refractivity contribution in [3.05, 3.63) is 46.3 Å². The number of carbonyl (C=O) groups is 1. The molecule has 0 saturated carbocycles. The number of nitrogens with one attached hydrogen (secondary N) is 1. The van der Waals surface area contributed by atoms with Crippen LogP contribution in [0.5, 0.6) is 11.5 Å². The lowest BCUT2D eigenvalue weighted by atomic mass is 10.2. The van der Waals surface area contributed by atoms with Gasteiger partial charge in [0, 0.05) is 36.9 Å². The van der Waals surface area contributed by atoms with Crippen molar-refractivity contribution in [2.45, 2.75) is 13.0 Å². The third-order valence-corrected chi connectivity index (χ3v) is 4.49. The van der Waals surface area contributed by atoms with E-state index in [-0.39, 0.29) is 24.4 Å². The van der Waals surface area contributed by atoms with Gasteiger partial charge < -0.3 is 14.8 Å². The Hall–Kier alpha value is -2.87. The Morgan fingerprint density at radius 2 is 1.96 bits per heavy atom. The van der Waals surface area contributed by atoms with Crippen LogP contribution in [0, 0.1) is 0 Å². The number of anilines is 1. The molecule has 0 saturated heterocycles. The van der Waals surface area contributed by atoms with Gasteiger partial charge in [-0.3, -0.25) is 14.2 Å². The van der Waals surface area contributed by atoms with Crippen molar-refractivity contribution in [1.82, 2.24) is 9.55 Å². The van der Waals surface area contributed by atoms with E-state index in [4.69, 9.17) is 9.47 Å². The lowest BCUT2D eigenvalue weighted by Crippen LogP contribution is -2.23. The molecule has 1 N–H and O–H groups in total. The second kappa shape index (κ2) is 7.35. The van der Waals surface area contributed by atoms with Crippen LogP contribution < -0.4 is 20.3 Å². The lowest BCUT2D eigenvalue weighted by molar-refractivity contribution is -0.116. The minimum atomic E-state index is -0.215. The zero-order valence-electron chi connectivity index (χ0n) is 13.8. The molecular weight excluding hydrogens is 342 g/mol. The van der Waals surface area contributed by atoms with Crippen LogP contribution in [0.15, 0.2) is 40.8 Å². The summed E-state index contributed by atoms with van der Waals surface area (Å²) in [6.45, 7) is 0.255. The first-order chi connectivity index (χ1) is 12.1. The van der Waals surface area contributed by atoms with Crippen LogP contribution >= 0.6 is 11.3 Å². The van der Waals surface area contributed by atoms with Crippen LogP contribution in [0.1, 0.15) is 6.42 Å². The largest absolute Gasteiger partial charge is 0.497 e. The number of nitrogens with zero attached hydrogens (tertiary/aromatic N) is 2. The molecule has 0 aliphatic heterocycles. The maximum Gasteiger partial charge on any atom is 0.262 e. The molecular formula is C17H17N3O4S. The molecule has 0 fully saturated rings. The molecule has 2 heterocycles. The van der Waals surface area contributed by atoms with Crippen molar-refractivity contribution in [1.29, 1.82) is 0 Å². The van der Waals surface area contributed by atoms with Crippen molar-refractivity contribution in [2.24, 2.45) is 0 Å². The Morgan fingerprint density at radius 1 is 1.24 bits per heavy atom. The van der Waals surface area contributed by atoms with Crippen LogP contribution in [0.3, 0.4) is 0 Å². The number of aryl methyl sites for hydroxylation is 1. The van der Waals surface area contributed by atoms with Crippen LogP contribution in [-0.4, -0.2) is 29.7 Å². The monoisotopic (exact) mass is 359 g/mol. The van der Waals surface area contributed by atoms with Gasteiger partial charge in [0.2, 0.25) is 5.91 Å². The molecule has 0 radical (unpaired) electrons. The van der Waals surface area contributed by atoms with Crippen molar-refractivity contribution in [3.8, 4) is 11.5 Å². The zero-order valence-corrected chi connectivity index (χ0v) is 14.6. The van der Waals surface area contributed by atoms with Gasteiger partial charge in [-0.2, -0.15) is 0 Å². The number of thiophene rings is 1. The first kappa shape index (κ1) is 17.0. The number of methoxy groups -OCH3 is 2. The standard InChI is InChI=1S/C17H17N3O4S/c1-23-12-7-11(8-13(9-12)24-2)19-15(21)3-5-20-10-18-16-14(17(20)22)4-6-25-16/h4,6-10H,3,5H2,1-2H3,(H,19,21). The summed E-state index contributed by atoms with van der Waals surface area (Å²) in [6, 6.07) is 6.86. The van der Waals surface area contributed by atoms with E-state index >= 15 is 0 Å². The van der Waals surface area contributed by atoms with Crippen LogP contribution in [-0.2, 0) is 11.3 Å². The molecule has 3 aromatic rings. The summed E-state index contributed by atoms with van der Waals surface area (Å²) in [5, 5.41) is 5.18. The van der Waals surface area contributed by atoms with Crippen LogP contribution in [0.2, 0.25) is 0 Å². The Kier molecular flexibility index (Phi) is 4.99. The normalized spacial score (nSPS) is 10.6. The number of aromatic nitrogens is 2. The SMILES string of the molecule is COc1cc(NC(=O)CCn2cnc3sccc3c2=O)cc(OC)c1. The van der Waals surface area contributed by atoms with E-state index in [1.807, 2.05) is 5.38 Å². The molecule has 0 unspecified atom stereocenters. The first-order valence-electron chi connectivity index (χ1n) is 7.56. The van der Waals surface area contributed by atoms with Gasteiger partial charge in [-0.25, -0.2) is 4.98 Å². The molecule has 1 amide bonds. The highest BCUT2D eigenvalue weighted by Crippen LogP contribution is 2.25. The number of ether oxygens (including phenoxy) is 2. The molecule has 7 nitrogen and oxygen atoms in total. The van der Waals surface area contributed by atoms with E-state index < -0.39 is 0 Å². The molecule has 2 aromatic heterocycles. The summed E-state index contributed by atoms with van der Waals surface area (Å²) in [4.78, 5) is 29.4. The van der Waals surface area contributed by atoms with Gasteiger partial charge in [0.1, 0.15) is 16.3 Å². The predicted molar refractivity (Wildman–Crippen MR) is 96.7 cm³/mol. The topological polar surface area (TPSA) is 82.5 Å². The van der Waals surface area contributed by atoms with Gasteiger partial charge in [-0.15, -0.1) is 11.3 Å². The fourth-order valence-electron chi connectivity index (χ4n) is 2.38. The summed E-state index contributed by atoms with van der Waals surface area (Å²) in [6.07, 6.45) is 1.62. The van der Waals surface area contributed by atoms with Crippen molar-refractivity contribution in [3.63, 3.8) is 0 Å². The van der Waals surface area contributed by atoms with Crippen molar-refractivity contribution in [2.75, 3.05) is 19.5 Å². The van der Waals surface area contributed by atoms with Gasteiger partial charge in [-0.1, -0.05) is 0 Å². The minimum Gasteiger partial charge on any atom is -0.497 e. The third kappa shape index (κ3) is 3.80. The lowest BCUT2D eigenvalue weighted by Gasteiger charge is -2.10. The van der Waals surface area contributed by atoms with Gasteiger partial charge >= 0.3 is 0 Å². The summed E-state index contributed by atoms with van der Waals surface area (Å²) >= 11 is 1.42. The average Bonchev–Trinajstić information content (AvgIpc) is 3.10. The quantitative estimate of drug-likeness (QED) is 0.731. The highest BCUT2D eigenvalue weighted by Gasteiger charge is 2.09. The molecule has 0 bridgehead atoms. The first-order valence-corrected chi connectivity index (χ1v) is 8.44. The van der Waals surface area contributed by atoms with Crippen molar-refractivity contribution >= 4 is 33.1 Å². The highest BCUT2D eigenvalue weighted by atomic mass is 32.1. The molecule has 0 aliphatic rings. The zero-order chi connectivity index (χ0) is 17.8. The van der Waals surface area contributed by atoms with Crippen LogP contribution in [0.4, 0.5) is 5.69 Å². The number of rotatable bonds is 6. The maximum absolute atomic E-state index is 12.3.